The summed E-state index contributed by atoms with van der Waals surface area (Å²) in [4.78, 5) is 23.9. The van der Waals surface area contributed by atoms with Crippen LogP contribution in [-0.2, 0) is 14.3 Å². The van der Waals surface area contributed by atoms with Crippen molar-refractivity contribution < 1.29 is 14.3 Å². The summed E-state index contributed by atoms with van der Waals surface area (Å²) in [6, 6.07) is -0.121. The average Bonchev–Trinajstić information content (AvgIpc) is 2.49. The summed E-state index contributed by atoms with van der Waals surface area (Å²) < 4.78 is 4.49. The Hall–Kier alpha value is -1.10. The van der Waals surface area contributed by atoms with Crippen LogP contribution in [0.1, 0.15) is 12.8 Å². The quantitative estimate of drug-likeness (QED) is 0.614. The zero-order valence-electron chi connectivity index (χ0n) is 8.58. The Morgan fingerprint density at radius 2 is 2.43 bits per heavy atom. The normalized spacial score (nSPS) is 21.4. The van der Waals surface area contributed by atoms with E-state index in [-0.39, 0.29) is 17.9 Å². The third-order valence-electron chi connectivity index (χ3n) is 2.38. The lowest BCUT2D eigenvalue weighted by molar-refractivity contribution is -0.140. The molecule has 5 heteroatoms. The molecule has 1 aliphatic heterocycles. The number of amides is 1. The maximum atomic E-state index is 11.4. The van der Waals surface area contributed by atoms with E-state index >= 15 is 0 Å². The Kier molecular flexibility index (Phi) is 3.88. The fourth-order valence-electron chi connectivity index (χ4n) is 1.46. The first-order chi connectivity index (χ1) is 6.65. The lowest BCUT2D eigenvalue weighted by Crippen LogP contribution is -2.37. The van der Waals surface area contributed by atoms with E-state index in [1.54, 1.807) is 11.9 Å². The van der Waals surface area contributed by atoms with E-state index in [9.17, 15) is 9.59 Å². The van der Waals surface area contributed by atoms with Gasteiger partial charge in [-0.25, -0.2) is 0 Å². The van der Waals surface area contributed by atoms with Crippen molar-refractivity contribution in [3.8, 4) is 0 Å². The highest BCUT2D eigenvalue weighted by Gasteiger charge is 2.28. The van der Waals surface area contributed by atoms with Crippen LogP contribution in [-0.4, -0.2) is 50.1 Å². The molecule has 0 aromatic heterocycles. The fraction of sp³-hybridized carbons (Fsp3) is 0.778. The molecule has 1 saturated heterocycles. The van der Waals surface area contributed by atoms with E-state index < -0.39 is 0 Å². The summed E-state index contributed by atoms with van der Waals surface area (Å²) in [5.74, 6) is -0.147. The number of nitrogens with one attached hydrogen (secondary N) is 1. The Balaban J connectivity index is 2.19. The van der Waals surface area contributed by atoms with Gasteiger partial charge in [-0.1, -0.05) is 0 Å². The molecule has 0 saturated carbocycles. The number of esters is 1. The average molecular weight is 200 g/mol. The van der Waals surface area contributed by atoms with Crippen molar-refractivity contribution in [1.82, 2.24) is 10.2 Å². The standard InChI is InChI=1S/C9H16N2O3/c1-11-6-4-7(9(11)13)10-5-3-8(12)14-2/h7,10H,3-6H2,1-2H3. The number of nitrogens with zero attached hydrogens (tertiary/aromatic N) is 1. The number of likely N-dealkylation sites (N-methyl/N-ethyl adjacent to an activating group) is 1. The molecular formula is C9H16N2O3. The van der Waals surface area contributed by atoms with Crippen LogP contribution < -0.4 is 5.32 Å². The van der Waals surface area contributed by atoms with Crippen LogP contribution >= 0.6 is 0 Å². The minimum absolute atomic E-state index is 0.106. The van der Waals surface area contributed by atoms with Gasteiger partial charge in [0.05, 0.1) is 19.6 Å². The molecule has 0 aromatic carbocycles. The number of methoxy groups -OCH3 is 1. The van der Waals surface area contributed by atoms with Gasteiger partial charge in [-0.3, -0.25) is 9.59 Å². The van der Waals surface area contributed by atoms with Crippen molar-refractivity contribution in [2.24, 2.45) is 0 Å². The van der Waals surface area contributed by atoms with E-state index in [1.165, 1.54) is 7.11 Å². The maximum absolute atomic E-state index is 11.4. The molecule has 1 amide bonds. The molecule has 80 valence electrons. The second-order valence-corrected chi connectivity index (χ2v) is 3.38. The molecule has 1 atom stereocenters. The summed E-state index contributed by atoms with van der Waals surface area (Å²) in [5, 5.41) is 3.03. The first-order valence-electron chi connectivity index (χ1n) is 4.70. The molecule has 0 spiro atoms. The molecular weight excluding hydrogens is 184 g/mol. The Bertz CT molecular complexity index is 230. The molecule has 1 rings (SSSR count). The van der Waals surface area contributed by atoms with Crippen LogP contribution in [0.25, 0.3) is 0 Å². The number of ether oxygens (including phenoxy) is 1. The number of likely N-dealkylation sites (tertiary alicyclic amines) is 1. The third kappa shape index (κ3) is 2.70. The van der Waals surface area contributed by atoms with Gasteiger partial charge in [0.15, 0.2) is 0 Å². The second kappa shape index (κ2) is 4.95. The third-order valence-corrected chi connectivity index (χ3v) is 2.38. The molecule has 5 nitrogen and oxygen atoms in total. The summed E-state index contributed by atoms with van der Waals surface area (Å²) in [6.07, 6.45) is 1.13. The molecule has 0 aliphatic carbocycles. The zero-order valence-corrected chi connectivity index (χ0v) is 8.58. The highest BCUT2D eigenvalue weighted by atomic mass is 16.5. The minimum atomic E-state index is -0.253. The monoisotopic (exact) mass is 200 g/mol. The van der Waals surface area contributed by atoms with Gasteiger partial charge in [0, 0.05) is 20.1 Å². The van der Waals surface area contributed by atoms with E-state index in [0.29, 0.717) is 13.0 Å². The summed E-state index contributed by atoms with van der Waals surface area (Å²) >= 11 is 0. The van der Waals surface area contributed by atoms with Gasteiger partial charge < -0.3 is 15.0 Å². The van der Waals surface area contributed by atoms with E-state index in [4.69, 9.17) is 0 Å². The lowest BCUT2D eigenvalue weighted by Gasteiger charge is -2.11. The van der Waals surface area contributed by atoms with Crippen LogP contribution in [0, 0.1) is 0 Å². The Morgan fingerprint density at radius 3 is 2.93 bits per heavy atom. The van der Waals surface area contributed by atoms with Crippen molar-refractivity contribution >= 4 is 11.9 Å². The van der Waals surface area contributed by atoms with Gasteiger partial charge in [0.25, 0.3) is 0 Å². The number of hydrogen-bond donors (Lipinski definition) is 1. The molecule has 1 unspecified atom stereocenters. The van der Waals surface area contributed by atoms with Gasteiger partial charge in [-0.2, -0.15) is 0 Å². The summed E-state index contributed by atoms with van der Waals surface area (Å²) in [7, 11) is 3.14. The summed E-state index contributed by atoms with van der Waals surface area (Å²) in [5.41, 5.74) is 0. The number of hydrogen-bond acceptors (Lipinski definition) is 4. The molecule has 1 fully saturated rings. The van der Waals surface area contributed by atoms with Crippen molar-refractivity contribution in [2.75, 3.05) is 27.2 Å². The van der Waals surface area contributed by atoms with Gasteiger partial charge in [-0.15, -0.1) is 0 Å². The molecule has 0 aromatic rings. The van der Waals surface area contributed by atoms with Gasteiger partial charge >= 0.3 is 5.97 Å². The maximum Gasteiger partial charge on any atom is 0.306 e. The van der Waals surface area contributed by atoms with E-state index in [0.717, 1.165) is 13.0 Å². The molecule has 1 aliphatic rings. The zero-order chi connectivity index (χ0) is 10.6. The highest BCUT2D eigenvalue weighted by molar-refractivity contribution is 5.83. The predicted molar refractivity (Wildman–Crippen MR) is 50.7 cm³/mol. The van der Waals surface area contributed by atoms with Crippen LogP contribution in [0.5, 0.6) is 0 Å². The smallest absolute Gasteiger partial charge is 0.306 e. The molecule has 14 heavy (non-hydrogen) atoms. The molecule has 1 heterocycles. The fourth-order valence-corrected chi connectivity index (χ4v) is 1.46. The molecule has 0 radical (unpaired) electrons. The van der Waals surface area contributed by atoms with Gasteiger partial charge in [0.1, 0.15) is 0 Å². The van der Waals surface area contributed by atoms with Gasteiger partial charge in [0.2, 0.25) is 5.91 Å². The number of carbonyl (C=O) groups is 2. The number of carbonyl (C=O) groups excluding carboxylic acids is 2. The summed E-state index contributed by atoms with van der Waals surface area (Å²) in [6.45, 7) is 1.28. The van der Waals surface area contributed by atoms with Crippen molar-refractivity contribution in [2.45, 2.75) is 18.9 Å². The van der Waals surface area contributed by atoms with E-state index in [2.05, 4.69) is 10.1 Å². The SMILES string of the molecule is COC(=O)CCNC1CCN(C)C1=O. The van der Waals surface area contributed by atoms with Crippen LogP contribution in [0.15, 0.2) is 0 Å². The first-order valence-corrected chi connectivity index (χ1v) is 4.70. The predicted octanol–water partition coefficient (Wildman–Crippen LogP) is -0.630. The molecule has 1 N–H and O–H groups in total. The Morgan fingerprint density at radius 1 is 1.71 bits per heavy atom. The lowest BCUT2D eigenvalue weighted by atomic mass is 10.2. The molecule has 0 bridgehead atoms. The van der Waals surface area contributed by atoms with Crippen LogP contribution in [0.4, 0.5) is 0 Å². The van der Waals surface area contributed by atoms with Crippen molar-refractivity contribution in [1.29, 1.82) is 0 Å². The van der Waals surface area contributed by atoms with E-state index in [1.807, 2.05) is 0 Å². The number of rotatable bonds is 4. The largest absolute Gasteiger partial charge is 0.469 e. The van der Waals surface area contributed by atoms with Crippen LogP contribution in [0.3, 0.4) is 0 Å². The second-order valence-electron chi connectivity index (χ2n) is 3.38. The topological polar surface area (TPSA) is 58.6 Å². The van der Waals surface area contributed by atoms with Crippen molar-refractivity contribution in [3.63, 3.8) is 0 Å². The Labute approximate surface area is 83.4 Å². The minimum Gasteiger partial charge on any atom is -0.469 e. The van der Waals surface area contributed by atoms with Crippen LogP contribution in [0.2, 0.25) is 0 Å². The first kappa shape index (κ1) is 11.0. The van der Waals surface area contributed by atoms with Gasteiger partial charge in [-0.05, 0) is 6.42 Å². The highest BCUT2D eigenvalue weighted by Crippen LogP contribution is 2.07. The van der Waals surface area contributed by atoms with Crippen molar-refractivity contribution in [3.05, 3.63) is 0 Å².